The molecule has 0 saturated heterocycles. The third-order valence-electron chi connectivity index (χ3n) is 4.12. The first-order valence-electron chi connectivity index (χ1n) is 8.41. The molecule has 0 saturated carbocycles. The van der Waals surface area contributed by atoms with Crippen molar-refractivity contribution in [3.8, 4) is 11.3 Å². The summed E-state index contributed by atoms with van der Waals surface area (Å²) in [6.07, 6.45) is -3.22. The first-order valence-corrected chi connectivity index (χ1v) is 11.5. The van der Waals surface area contributed by atoms with Crippen molar-refractivity contribution in [2.45, 2.75) is 18.0 Å². The Bertz CT molecular complexity index is 1290. The number of benzene rings is 1. The SMILES string of the molecule is Cc1sc(C(=O)Nc2cc(Cl)cc(S(C)(=O)=O)c2)cc1-c1ncc(C(F)(F)F)cc1F. The summed E-state index contributed by atoms with van der Waals surface area (Å²) in [6.45, 7) is 1.57. The number of alkyl halides is 3. The van der Waals surface area contributed by atoms with Gasteiger partial charge in [0.15, 0.2) is 9.84 Å². The normalized spacial score (nSPS) is 12.1. The van der Waals surface area contributed by atoms with Crippen LogP contribution in [0.4, 0.5) is 23.2 Å². The fourth-order valence-electron chi connectivity index (χ4n) is 2.66. The molecule has 2 heterocycles. The number of sulfone groups is 1. The maximum Gasteiger partial charge on any atom is 0.417 e. The molecule has 0 aliphatic carbocycles. The van der Waals surface area contributed by atoms with Crippen molar-refractivity contribution in [1.82, 2.24) is 4.98 Å². The molecule has 0 bridgehead atoms. The maximum atomic E-state index is 14.3. The first kappa shape index (κ1) is 23.2. The fraction of sp³-hybridized carbons (Fsp3) is 0.158. The van der Waals surface area contributed by atoms with E-state index in [0.717, 1.165) is 17.6 Å². The zero-order chi connectivity index (χ0) is 23.1. The molecule has 164 valence electrons. The number of amides is 1. The van der Waals surface area contributed by atoms with Crippen molar-refractivity contribution < 1.29 is 30.8 Å². The van der Waals surface area contributed by atoms with E-state index in [1.54, 1.807) is 6.92 Å². The van der Waals surface area contributed by atoms with Crippen LogP contribution in [-0.4, -0.2) is 25.6 Å². The molecule has 0 aliphatic rings. The second kappa shape index (κ2) is 8.21. The van der Waals surface area contributed by atoms with Gasteiger partial charge in [-0.3, -0.25) is 9.78 Å². The molecule has 2 aromatic heterocycles. The van der Waals surface area contributed by atoms with Crippen LogP contribution in [-0.2, 0) is 16.0 Å². The summed E-state index contributed by atoms with van der Waals surface area (Å²) in [5.74, 6) is -1.80. The van der Waals surface area contributed by atoms with Gasteiger partial charge in [0.25, 0.3) is 5.91 Å². The molecule has 3 rings (SSSR count). The van der Waals surface area contributed by atoms with Crippen molar-refractivity contribution in [1.29, 1.82) is 0 Å². The largest absolute Gasteiger partial charge is 0.417 e. The number of hydrogen-bond donors (Lipinski definition) is 1. The van der Waals surface area contributed by atoms with Crippen LogP contribution in [0.3, 0.4) is 0 Å². The van der Waals surface area contributed by atoms with E-state index in [2.05, 4.69) is 10.3 Å². The maximum absolute atomic E-state index is 14.3. The quantitative estimate of drug-likeness (QED) is 0.482. The fourth-order valence-corrected chi connectivity index (χ4v) is 4.56. The highest BCUT2D eigenvalue weighted by Crippen LogP contribution is 2.35. The molecule has 31 heavy (non-hydrogen) atoms. The van der Waals surface area contributed by atoms with E-state index in [0.29, 0.717) is 17.1 Å². The Morgan fingerprint density at radius 2 is 1.84 bits per heavy atom. The average Bonchev–Trinajstić information content (AvgIpc) is 3.01. The van der Waals surface area contributed by atoms with Crippen LogP contribution < -0.4 is 5.32 Å². The van der Waals surface area contributed by atoms with Crippen molar-refractivity contribution in [2.24, 2.45) is 0 Å². The summed E-state index contributed by atoms with van der Waals surface area (Å²) < 4.78 is 75.9. The lowest BCUT2D eigenvalue weighted by Gasteiger charge is -2.08. The van der Waals surface area contributed by atoms with E-state index in [9.17, 15) is 30.8 Å². The van der Waals surface area contributed by atoms with Gasteiger partial charge < -0.3 is 5.32 Å². The second-order valence-corrected chi connectivity index (χ2v) is 10.2. The van der Waals surface area contributed by atoms with Crippen molar-refractivity contribution in [3.05, 3.63) is 62.7 Å². The summed E-state index contributed by atoms with van der Waals surface area (Å²) >= 11 is 6.89. The third kappa shape index (κ3) is 5.23. The predicted octanol–water partition coefficient (Wildman–Crippen LogP) is 5.59. The number of pyridine rings is 1. The Morgan fingerprint density at radius 3 is 2.42 bits per heavy atom. The molecule has 0 unspecified atom stereocenters. The van der Waals surface area contributed by atoms with Gasteiger partial charge in [-0.1, -0.05) is 11.6 Å². The third-order valence-corrected chi connectivity index (χ3v) is 6.48. The number of carbonyl (C=O) groups excluding carboxylic acids is 1. The number of nitrogens with one attached hydrogen (secondary N) is 1. The van der Waals surface area contributed by atoms with Crippen LogP contribution in [0.15, 0.2) is 41.4 Å². The Kier molecular flexibility index (Phi) is 6.14. The summed E-state index contributed by atoms with van der Waals surface area (Å²) in [5.41, 5.74) is -1.24. The molecule has 3 aromatic rings. The molecule has 0 radical (unpaired) electrons. The van der Waals surface area contributed by atoms with E-state index in [4.69, 9.17) is 11.6 Å². The molecular weight excluding hydrogens is 480 g/mol. The number of hydrogen-bond acceptors (Lipinski definition) is 5. The molecule has 1 amide bonds. The number of thiophene rings is 1. The minimum Gasteiger partial charge on any atom is -0.321 e. The van der Waals surface area contributed by atoms with Gasteiger partial charge in [-0.15, -0.1) is 11.3 Å². The molecule has 0 aliphatic heterocycles. The topological polar surface area (TPSA) is 76.1 Å². The number of aryl methyl sites for hydroxylation is 1. The number of anilines is 1. The molecule has 0 spiro atoms. The lowest BCUT2D eigenvalue weighted by atomic mass is 10.1. The lowest BCUT2D eigenvalue weighted by Crippen LogP contribution is -2.11. The molecule has 12 heteroatoms. The molecule has 1 aromatic carbocycles. The van der Waals surface area contributed by atoms with Crippen LogP contribution in [0.25, 0.3) is 11.3 Å². The van der Waals surface area contributed by atoms with Gasteiger partial charge in [0, 0.05) is 33.6 Å². The van der Waals surface area contributed by atoms with E-state index in [1.807, 2.05) is 0 Å². The minimum atomic E-state index is -4.73. The van der Waals surface area contributed by atoms with Gasteiger partial charge >= 0.3 is 6.18 Å². The number of carbonyl (C=O) groups is 1. The van der Waals surface area contributed by atoms with E-state index in [-0.39, 0.29) is 31.7 Å². The highest BCUT2D eigenvalue weighted by molar-refractivity contribution is 7.90. The smallest absolute Gasteiger partial charge is 0.321 e. The number of nitrogens with zero attached hydrogens (tertiary/aromatic N) is 1. The Labute approximate surface area is 183 Å². The number of aromatic nitrogens is 1. The van der Waals surface area contributed by atoms with Crippen LogP contribution in [0.5, 0.6) is 0 Å². The molecule has 0 fully saturated rings. The summed E-state index contributed by atoms with van der Waals surface area (Å²) in [6, 6.07) is 5.47. The van der Waals surface area contributed by atoms with Gasteiger partial charge in [-0.05, 0) is 37.3 Å². The Morgan fingerprint density at radius 1 is 1.16 bits per heavy atom. The van der Waals surface area contributed by atoms with Crippen molar-refractivity contribution >= 4 is 44.4 Å². The van der Waals surface area contributed by atoms with Crippen molar-refractivity contribution in [3.63, 3.8) is 0 Å². The first-order chi connectivity index (χ1) is 14.3. The van der Waals surface area contributed by atoms with Crippen LogP contribution >= 0.6 is 22.9 Å². The predicted molar refractivity (Wildman–Crippen MR) is 110 cm³/mol. The van der Waals surface area contributed by atoms with Gasteiger partial charge in [0.2, 0.25) is 0 Å². The standard InChI is InChI=1S/C19H13ClF4N2O3S2/c1-9-14(17-15(21)3-10(8-25-17)19(22,23)24)7-16(30-9)18(27)26-12-4-11(20)5-13(6-12)31(2,28)29/h3-8H,1-2H3,(H,26,27). The zero-order valence-corrected chi connectivity index (χ0v) is 18.2. The lowest BCUT2D eigenvalue weighted by molar-refractivity contribution is -0.138. The monoisotopic (exact) mass is 492 g/mol. The van der Waals surface area contributed by atoms with Gasteiger partial charge in [-0.2, -0.15) is 13.2 Å². The molecular formula is C19H13ClF4N2O3S2. The Balaban J connectivity index is 1.91. The van der Waals surface area contributed by atoms with E-state index in [1.165, 1.54) is 24.3 Å². The van der Waals surface area contributed by atoms with Crippen LogP contribution in [0.2, 0.25) is 5.02 Å². The molecule has 5 nitrogen and oxygen atoms in total. The highest BCUT2D eigenvalue weighted by atomic mass is 35.5. The van der Waals surface area contributed by atoms with Crippen LogP contribution in [0, 0.1) is 12.7 Å². The average molecular weight is 493 g/mol. The van der Waals surface area contributed by atoms with Gasteiger partial charge in [-0.25, -0.2) is 12.8 Å². The summed E-state index contributed by atoms with van der Waals surface area (Å²) in [4.78, 5) is 16.7. The summed E-state index contributed by atoms with van der Waals surface area (Å²) in [5, 5.41) is 2.60. The van der Waals surface area contributed by atoms with Crippen LogP contribution in [0.1, 0.15) is 20.1 Å². The second-order valence-electron chi connectivity index (χ2n) is 6.53. The summed E-state index contributed by atoms with van der Waals surface area (Å²) in [7, 11) is -3.57. The molecule has 1 N–H and O–H groups in total. The highest BCUT2D eigenvalue weighted by Gasteiger charge is 2.32. The zero-order valence-electron chi connectivity index (χ0n) is 15.8. The van der Waals surface area contributed by atoms with Crippen molar-refractivity contribution in [2.75, 3.05) is 11.6 Å². The van der Waals surface area contributed by atoms with Gasteiger partial charge in [0.1, 0.15) is 11.5 Å². The van der Waals surface area contributed by atoms with Gasteiger partial charge in [0.05, 0.1) is 15.3 Å². The molecule has 0 atom stereocenters. The van der Waals surface area contributed by atoms with E-state index >= 15 is 0 Å². The minimum absolute atomic E-state index is 0.0885. The number of halogens is 5. The Hall–Kier alpha value is -2.50. The van der Waals surface area contributed by atoms with E-state index < -0.39 is 33.3 Å². The number of rotatable bonds is 4.